The highest BCUT2D eigenvalue weighted by molar-refractivity contribution is 6.07. The van der Waals surface area contributed by atoms with E-state index in [9.17, 15) is 19.1 Å². The number of aliphatic hydroxyl groups is 1. The maximum atomic E-state index is 14.1. The molecule has 0 aromatic heterocycles. The number of fused-ring (bicyclic) bond motifs is 1. The van der Waals surface area contributed by atoms with E-state index < -0.39 is 23.6 Å². The number of anilines is 1. The Labute approximate surface area is 233 Å². The van der Waals surface area contributed by atoms with E-state index in [1.807, 2.05) is 42.5 Å². The van der Waals surface area contributed by atoms with Crippen molar-refractivity contribution in [2.24, 2.45) is 0 Å². The molecule has 1 aliphatic rings. The van der Waals surface area contributed by atoms with Crippen molar-refractivity contribution in [1.29, 1.82) is 0 Å². The summed E-state index contributed by atoms with van der Waals surface area (Å²) in [5.74, 6) is -0.385. The second-order valence-electron chi connectivity index (χ2n) is 10.7. The summed E-state index contributed by atoms with van der Waals surface area (Å²) in [6, 6.07) is 27.1. The number of hydrogen-bond donors (Lipinski definition) is 1. The minimum Gasteiger partial charge on any atom is -0.484 e. The third-order valence-electron chi connectivity index (χ3n) is 7.44. The number of hydrogen-bond acceptors (Lipinski definition) is 4. The van der Waals surface area contributed by atoms with Crippen molar-refractivity contribution in [3.05, 3.63) is 131 Å². The molecule has 0 fully saturated rings. The third-order valence-corrected chi connectivity index (χ3v) is 7.44. The number of carbonyl (C=O) groups is 2. The number of carbonyl (C=O) groups excluding carboxylic acids is 2. The summed E-state index contributed by atoms with van der Waals surface area (Å²) in [5, 5.41) is 11.8. The molecule has 1 aliphatic heterocycles. The summed E-state index contributed by atoms with van der Waals surface area (Å²) in [4.78, 5) is 28.3. The molecule has 5 nitrogen and oxygen atoms in total. The third kappa shape index (κ3) is 5.40. The Kier molecular flexibility index (Phi) is 7.55. The first-order valence-electron chi connectivity index (χ1n) is 13.4. The number of amides is 1. The van der Waals surface area contributed by atoms with E-state index >= 15 is 0 Å². The van der Waals surface area contributed by atoms with Gasteiger partial charge in [0.15, 0.2) is 5.78 Å². The molecule has 204 valence electrons. The molecule has 0 saturated carbocycles. The van der Waals surface area contributed by atoms with Gasteiger partial charge in [0.2, 0.25) is 0 Å². The number of Topliss-reactive ketones (excluding diaryl/α,β-unsaturated/α-hetero) is 1. The van der Waals surface area contributed by atoms with Gasteiger partial charge in [-0.05, 0) is 93.3 Å². The summed E-state index contributed by atoms with van der Waals surface area (Å²) in [5.41, 5.74) is 2.72. The van der Waals surface area contributed by atoms with Crippen LogP contribution in [0.3, 0.4) is 0 Å². The number of halogens is 1. The van der Waals surface area contributed by atoms with Gasteiger partial charge in [-0.2, -0.15) is 0 Å². The first-order valence-corrected chi connectivity index (χ1v) is 13.4. The molecule has 0 aliphatic carbocycles. The number of nitrogens with zero attached hydrogens (tertiary/aromatic N) is 1. The van der Waals surface area contributed by atoms with Crippen molar-refractivity contribution < 1.29 is 23.8 Å². The minimum absolute atomic E-state index is 0.135. The summed E-state index contributed by atoms with van der Waals surface area (Å²) in [6.07, 6.45) is 0.146. The molecule has 0 radical (unpaired) electrons. The molecule has 2 unspecified atom stereocenters. The lowest BCUT2D eigenvalue weighted by atomic mass is 9.82. The fraction of sp³-hybridized carbons (Fsp3) is 0.235. The first-order chi connectivity index (χ1) is 19.2. The quantitative estimate of drug-likeness (QED) is 0.265. The molecule has 6 heteroatoms. The largest absolute Gasteiger partial charge is 0.484 e. The van der Waals surface area contributed by atoms with E-state index in [0.717, 1.165) is 17.5 Å². The van der Waals surface area contributed by atoms with Crippen molar-refractivity contribution >= 4 is 17.4 Å². The van der Waals surface area contributed by atoms with Gasteiger partial charge in [0.05, 0.1) is 6.04 Å². The highest BCUT2D eigenvalue weighted by atomic mass is 19.1. The lowest BCUT2D eigenvalue weighted by Crippen LogP contribution is -2.55. The molecular formula is C34H32FNO4. The number of ketones is 1. The van der Waals surface area contributed by atoms with E-state index in [4.69, 9.17) is 4.74 Å². The van der Waals surface area contributed by atoms with Crippen LogP contribution in [0.5, 0.6) is 5.75 Å². The lowest BCUT2D eigenvalue weighted by molar-refractivity contribution is -0.0582. The first kappa shape index (κ1) is 27.3. The Morgan fingerprint density at radius 3 is 2.12 bits per heavy atom. The van der Waals surface area contributed by atoms with E-state index in [2.05, 4.69) is 0 Å². The van der Waals surface area contributed by atoms with Gasteiger partial charge in [-0.15, -0.1) is 0 Å². The molecule has 1 heterocycles. The minimum atomic E-state index is -1.16. The van der Waals surface area contributed by atoms with Gasteiger partial charge < -0.3 is 9.84 Å². The number of aryl methyl sites for hydroxylation is 2. The average Bonchev–Trinajstić information content (AvgIpc) is 2.95. The van der Waals surface area contributed by atoms with Crippen molar-refractivity contribution in [2.75, 3.05) is 4.90 Å². The fourth-order valence-corrected chi connectivity index (χ4v) is 5.25. The summed E-state index contributed by atoms with van der Waals surface area (Å²) in [7, 11) is 0. The lowest BCUT2D eigenvalue weighted by Gasteiger charge is -2.47. The van der Waals surface area contributed by atoms with Crippen LogP contribution in [0.15, 0.2) is 97.1 Å². The molecule has 2 atom stereocenters. The molecule has 5 rings (SSSR count). The number of aliphatic hydroxyl groups excluding tert-OH is 1. The average molecular weight is 538 g/mol. The molecule has 4 aromatic rings. The molecule has 0 spiro atoms. The van der Waals surface area contributed by atoms with Gasteiger partial charge in [0.1, 0.15) is 23.3 Å². The predicted molar refractivity (Wildman–Crippen MR) is 153 cm³/mol. The zero-order valence-electron chi connectivity index (χ0n) is 22.8. The molecule has 0 saturated heterocycles. The van der Waals surface area contributed by atoms with Gasteiger partial charge in [-0.3, -0.25) is 14.5 Å². The smallest absolute Gasteiger partial charge is 0.258 e. The Morgan fingerprint density at radius 1 is 0.875 bits per heavy atom. The van der Waals surface area contributed by atoms with Gasteiger partial charge in [0.25, 0.3) is 5.91 Å². The molecule has 1 N–H and O–H groups in total. The van der Waals surface area contributed by atoms with Crippen molar-refractivity contribution in [1.82, 2.24) is 0 Å². The van der Waals surface area contributed by atoms with Crippen LogP contribution in [0, 0.1) is 5.82 Å². The maximum Gasteiger partial charge on any atom is 0.258 e. The van der Waals surface area contributed by atoms with Gasteiger partial charge in [-0.1, -0.05) is 48.5 Å². The van der Waals surface area contributed by atoms with Crippen LogP contribution in [0.2, 0.25) is 0 Å². The number of benzene rings is 4. The van der Waals surface area contributed by atoms with Crippen LogP contribution >= 0.6 is 0 Å². The second-order valence-corrected chi connectivity index (χ2v) is 10.7. The highest BCUT2D eigenvalue weighted by Crippen LogP contribution is 2.47. The van der Waals surface area contributed by atoms with Gasteiger partial charge in [0, 0.05) is 22.4 Å². The summed E-state index contributed by atoms with van der Waals surface area (Å²) < 4.78 is 20.4. The van der Waals surface area contributed by atoms with E-state index in [1.165, 1.54) is 36.1 Å². The standard InChI is InChI=1S/C34H32FNO4/c1-22(37)26-20-25(15-14-23-10-6-4-7-11-23)31-29(21-26)30(32(38)34(2,3)40-31)36(28-18-16-27(35)17-19-28)33(39)24-12-8-5-9-13-24/h4-13,16-21,30,32,38H,14-15H2,1-3H3. The Balaban J connectivity index is 1.70. The van der Waals surface area contributed by atoms with Gasteiger partial charge in [-0.25, -0.2) is 4.39 Å². The van der Waals surface area contributed by atoms with Crippen LogP contribution in [0.1, 0.15) is 64.2 Å². The Morgan fingerprint density at radius 2 is 1.50 bits per heavy atom. The van der Waals surface area contributed by atoms with E-state index in [-0.39, 0.29) is 11.7 Å². The van der Waals surface area contributed by atoms with Crippen molar-refractivity contribution in [3.63, 3.8) is 0 Å². The monoisotopic (exact) mass is 537 g/mol. The van der Waals surface area contributed by atoms with Crippen LogP contribution in [-0.4, -0.2) is 28.5 Å². The SMILES string of the molecule is CC(=O)c1cc(CCc2ccccc2)c2c(c1)C(N(C(=O)c1ccccc1)c1ccc(F)cc1)C(O)C(C)(C)O2. The second kappa shape index (κ2) is 11.1. The zero-order chi connectivity index (χ0) is 28.4. The number of ether oxygens (including phenoxy) is 1. The van der Waals surface area contributed by atoms with E-state index in [0.29, 0.717) is 34.5 Å². The van der Waals surface area contributed by atoms with Gasteiger partial charge >= 0.3 is 0 Å². The van der Waals surface area contributed by atoms with Crippen LogP contribution < -0.4 is 9.64 Å². The van der Waals surface area contributed by atoms with Crippen molar-refractivity contribution in [2.45, 2.75) is 51.4 Å². The molecule has 1 amide bonds. The normalized spacial score (nSPS) is 17.4. The zero-order valence-corrected chi connectivity index (χ0v) is 22.8. The van der Waals surface area contributed by atoms with Crippen LogP contribution in [0.25, 0.3) is 0 Å². The highest BCUT2D eigenvalue weighted by Gasteiger charge is 2.48. The molecule has 4 aromatic carbocycles. The van der Waals surface area contributed by atoms with Crippen LogP contribution in [-0.2, 0) is 12.8 Å². The Bertz CT molecular complexity index is 1520. The Hall–Kier alpha value is -4.29. The maximum absolute atomic E-state index is 14.1. The molecule has 40 heavy (non-hydrogen) atoms. The molecule has 0 bridgehead atoms. The van der Waals surface area contributed by atoms with E-state index in [1.54, 1.807) is 44.2 Å². The predicted octanol–water partition coefficient (Wildman–Crippen LogP) is 6.73. The van der Waals surface area contributed by atoms with Crippen LogP contribution in [0.4, 0.5) is 10.1 Å². The fourth-order valence-electron chi connectivity index (χ4n) is 5.25. The topological polar surface area (TPSA) is 66.8 Å². The number of rotatable bonds is 7. The van der Waals surface area contributed by atoms with Crippen molar-refractivity contribution in [3.8, 4) is 5.75 Å². The summed E-state index contributed by atoms with van der Waals surface area (Å²) in [6.45, 7) is 5.06. The summed E-state index contributed by atoms with van der Waals surface area (Å²) >= 11 is 0. The molecular weight excluding hydrogens is 505 g/mol.